The normalized spacial score (nSPS) is 12.6. The molecular formula is C92H92N4O2Si2. The lowest BCUT2D eigenvalue weighted by Gasteiger charge is -2.55. The molecule has 0 aliphatic heterocycles. The van der Waals surface area contributed by atoms with Crippen molar-refractivity contribution in [3.8, 4) is 0 Å². The third-order valence-corrected chi connectivity index (χ3v) is 33.1. The summed E-state index contributed by atoms with van der Waals surface area (Å²) in [4.78, 5) is 9.90. The van der Waals surface area contributed by atoms with E-state index in [0.29, 0.717) is 0 Å². The van der Waals surface area contributed by atoms with Crippen LogP contribution in [0.4, 0.5) is 68.2 Å². The molecule has 14 aromatic carbocycles. The van der Waals surface area contributed by atoms with Gasteiger partial charge in [0.2, 0.25) is 16.6 Å². The summed E-state index contributed by atoms with van der Waals surface area (Å²) in [5.41, 5.74) is 12.6. The lowest BCUT2D eigenvalue weighted by Crippen LogP contribution is -2.74. The molecule has 0 N–H and O–H groups in total. The van der Waals surface area contributed by atoms with Gasteiger partial charge < -0.3 is 28.5 Å². The van der Waals surface area contributed by atoms with E-state index in [2.05, 4.69) is 406 Å². The number of para-hydroxylation sites is 8. The van der Waals surface area contributed by atoms with E-state index in [-0.39, 0.29) is 20.2 Å². The maximum absolute atomic E-state index is 7.39. The van der Waals surface area contributed by atoms with Gasteiger partial charge in [-0.3, -0.25) is 0 Å². The highest BCUT2D eigenvalue weighted by Crippen LogP contribution is 2.58. The Morgan fingerprint density at radius 3 is 0.630 bits per heavy atom. The van der Waals surface area contributed by atoms with Crippen LogP contribution in [-0.2, 0) is 8.85 Å². The van der Waals surface area contributed by atoms with Crippen molar-refractivity contribution >= 4 is 149 Å². The monoisotopic (exact) mass is 1340 g/mol. The first-order chi connectivity index (χ1) is 48.1. The lowest BCUT2D eigenvalue weighted by atomic mass is 9.90. The molecule has 0 bridgehead atoms. The molecule has 0 aromatic heterocycles. The number of anilines is 12. The third kappa shape index (κ3) is 11.4. The second-order valence-corrected chi connectivity index (χ2v) is 41.5. The van der Waals surface area contributed by atoms with Gasteiger partial charge >= 0.3 is 0 Å². The fraction of sp³-hybridized carbons (Fsp3) is 0.196. The predicted octanol–water partition coefficient (Wildman–Crippen LogP) is 26.1. The summed E-state index contributed by atoms with van der Waals surface area (Å²) < 4.78 is 14.8. The van der Waals surface area contributed by atoms with Crippen molar-refractivity contribution in [1.29, 1.82) is 0 Å². The highest BCUT2D eigenvalue weighted by atomic mass is 28.4. The summed E-state index contributed by atoms with van der Waals surface area (Å²) in [5, 5.41) is 13.0. The molecule has 0 aliphatic rings. The summed E-state index contributed by atoms with van der Waals surface area (Å²) >= 11 is 0. The van der Waals surface area contributed by atoms with Crippen molar-refractivity contribution in [2.45, 2.75) is 103 Å². The fourth-order valence-electron chi connectivity index (χ4n) is 17.6. The van der Waals surface area contributed by atoms with Gasteiger partial charge in [0.25, 0.3) is 0 Å². The Balaban J connectivity index is 1.24. The summed E-state index contributed by atoms with van der Waals surface area (Å²) in [6.07, 6.45) is 0. The van der Waals surface area contributed by atoms with Gasteiger partial charge in [0, 0.05) is 92.0 Å². The van der Waals surface area contributed by atoms with Crippen molar-refractivity contribution in [3.63, 3.8) is 0 Å². The van der Waals surface area contributed by atoms with E-state index in [0.717, 1.165) is 111 Å². The standard InChI is InChI=1S/C92H92N4O2Si2/c1-89(2,3)99(97-13,90(4,5)6)85-61-67-57-65-59-79-80(60-66(65)58-68(67)62-86(85)100(98-14,91(7,8)9)92(10,11)12)88(96(75-51-35-21-36-52-75)76-53-37-22-38-54-76)82-64-78-77(63-81(82)87(79)95(73-47-31-19-32-48-73)74-49-33-20-34-50-74)83(93(69-39-23-15-24-40-69)70-41-25-16-26-42-70)55-56-84(78)94(71-43-27-17-28-44-71)72-45-29-18-30-46-72/h15-64H,1-14H3. The highest BCUT2D eigenvalue weighted by molar-refractivity contribution is 7.01. The van der Waals surface area contributed by atoms with Gasteiger partial charge in [0.15, 0.2) is 0 Å². The Kier molecular flexibility index (Phi) is 17.6. The number of fused-ring (bicyclic) bond motifs is 5. The van der Waals surface area contributed by atoms with Crippen LogP contribution in [-0.4, -0.2) is 30.9 Å². The van der Waals surface area contributed by atoms with Crippen molar-refractivity contribution in [2.24, 2.45) is 0 Å². The molecule has 500 valence electrons. The van der Waals surface area contributed by atoms with Gasteiger partial charge in [-0.25, -0.2) is 0 Å². The van der Waals surface area contributed by atoms with Crippen LogP contribution >= 0.6 is 0 Å². The molecule has 6 nitrogen and oxygen atoms in total. The zero-order valence-electron chi connectivity index (χ0n) is 60.5. The molecule has 0 fully saturated rings. The van der Waals surface area contributed by atoms with Gasteiger partial charge in [-0.1, -0.05) is 241 Å². The molecule has 14 rings (SSSR count). The van der Waals surface area contributed by atoms with Crippen LogP contribution in [0.15, 0.2) is 303 Å². The average molecular weight is 1340 g/mol. The third-order valence-electron chi connectivity index (χ3n) is 20.8. The molecule has 0 heterocycles. The van der Waals surface area contributed by atoms with Crippen molar-refractivity contribution in [2.75, 3.05) is 33.8 Å². The van der Waals surface area contributed by atoms with E-state index < -0.39 is 16.6 Å². The molecule has 8 heteroatoms. The van der Waals surface area contributed by atoms with Gasteiger partial charge in [0.05, 0.1) is 22.7 Å². The minimum atomic E-state index is -3.01. The molecule has 0 spiro atoms. The fourth-order valence-corrected chi connectivity index (χ4v) is 30.9. The molecule has 0 aliphatic carbocycles. The Morgan fingerprint density at radius 1 is 0.220 bits per heavy atom. The van der Waals surface area contributed by atoms with Crippen LogP contribution in [0.1, 0.15) is 83.1 Å². The summed E-state index contributed by atoms with van der Waals surface area (Å²) in [5.74, 6) is 0. The van der Waals surface area contributed by atoms with Crippen LogP contribution in [0.5, 0.6) is 0 Å². The van der Waals surface area contributed by atoms with Crippen molar-refractivity contribution in [1.82, 2.24) is 0 Å². The van der Waals surface area contributed by atoms with E-state index in [1.807, 2.05) is 14.2 Å². The minimum Gasteiger partial charge on any atom is -0.414 e. The van der Waals surface area contributed by atoms with Crippen LogP contribution < -0.4 is 30.0 Å². The number of hydrogen-bond acceptors (Lipinski definition) is 6. The molecule has 0 atom stereocenters. The first kappa shape index (κ1) is 67.1. The Labute approximate surface area is 594 Å². The van der Waals surface area contributed by atoms with E-state index in [1.165, 1.54) is 21.1 Å². The zero-order chi connectivity index (χ0) is 69.9. The molecule has 0 saturated heterocycles. The Hall–Kier alpha value is -10.1. The first-order valence-electron chi connectivity index (χ1n) is 35.2. The molecule has 0 radical (unpaired) electrons. The average Bonchev–Trinajstić information content (AvgIpc) is 0.699. The van der Waals surface area contributed by atoms with Crippen molar-refractivity contribution in [3.05, 3.63) is 303 Å². The largest absolute Gasteiger partial charge is 0.414 e. The maximum atomic E-state index is 7.39. The minimum absolute atomic E-state index is 0.210. The van der Waals surface area contributed by atoms with Gasteiger partial charge in [0.1, 0.15) is 0 Å². The lowest BCUT2D eigenvalue weighted by molar-refractivity contribution is 0.337. The van der Waals surface area contributed by atoms with Crippen molar-refractivity contribution < 1.29 is 8.85 Å². The van der Waals surface area contributed by atoms with E-state index in [1.54, 1.807) is 0 Å². The molecule has 0 unspecified atom stereocenters. The van der Waals surface area contributed by atoms with Gasteiger partial charge in [-0.2, -0.15) is 0 Å². The van der Waals surface area contributed by atoms with E-state index in [4.69, 9.17) is 8.85 Å². The van der Waals surface area contributed by atoms with Gasteiger partial charge in [-0.05, 0) is 198 Å². The molecule has 0 amide bonds. The molecular weight excluding hydrogens is 1250 g/mol. The first-order valence-corrected chi connectivity index (χ1v) is 39.0. The molecule has 14 aromatic rings. The number of hydrogen-bond donors (Lipinski definition) is 0. The quantitative estimate of drug-likeness (QED) is 0.0544. The molecule has 100 heavy (non-hydrogen) atoms. The number of nitrogens with zero attached hydrogens (tertiary/aromatic N) is 4. The molecule has 0 saturated carbocycles. The smallest absolute Gasteiger partial charge is 0.234 e. The maximum Gasteiger partial charge on any atom is 0.234 e. The van der Waals surface area contributed by atoms with E-state index >= 15 is 0 Å². The Morgan fingerprint density at radius 2 is 0.420 bits per heavy atom. The Bertz CT molecular complexity index is 4730. The zero-order valence-corrected chi connectivity index (χ0v) is 62.5. The van der Waals surface area contributed by atoms with Crippen LogP contribution in [0, 0.1) is 0 Å². The summed E-state index contributed by atoms with van der Waals surface area (Å²) in [6, 6.07) is 112. The number of rotatable bonds is 16. The summed E-state index contributed by atoms with van der Waals surface area (Å²) in [7, 11) is -2.04. The summed E-state index contributed by atoms with van der Waals surface area (Å²) in [6.45, 7) is 29.0. The predicted molar refractivity (Wildman–Crippen MR) is 436 cm³/mol. The second kappa shape index (κ2) is 26.2. The highest BCUT2D eigenvalue weighted by Gasteiger charge is 2.63. The van der Waals surface area contributed by atoms with Crippen LogP contribution in [0.2, 0.25) is 20.2 Å². The number of benzene rings is 14. The topological polar surface area (TPSA) is 31.4 Å². The SMILES string of the molecule is CO[Si](c1cc2cc3cc4c(N(c5ccccc5)c5ccccc5)c5cc6c(N(c7ccccc7)c7ccccc7)ccc(N(c7ccccc7)c7ccccc7)c6cc5c(N(c5ccccc5)c5ccccc5)c4cc3cc2cc1[Si](OC)(C(C)(C)C)C(C)(C)C)(C(C)(C)C)C(C)(C)C. The van der Waals surface area contributed by atoms with Crippen LogP contribution in [0.3, 0.4) is 0 Å². The van der Waals surface area contributed by atoms with Crippen LogP contribution in [0.25, 0.3) is 53.9 Å². The van der Waals surface area contributed by atoms with Gasteiger partial charge in [-0.15, -0.1) is 0 Å². The second-order valence-electron chi connectivity index (χ2n) is 30.9. The van der Waals surface area contributed by atoms with E-state index in [9.17, 15) is 0 Å².